The van der Waals surface area contributed by atoms with Crippen LogP contribution in [0.1, 0.15) is 57.1 Å². The van der Waals surface area contributed by atoms with E-state index in [0.717, 1.165) is 19.3 Å². The summed E-state index contributed by atoms with van der Waals surface area (Å²) in [4.78, 5) is 11.8. The standard InChI is InChI=1S/C16H20ClFO2/c1-15(2,18)11-6-7-12(13(17)10-11)16(14(19)20)8-4-3-5-9-16/h6-7,10H,3-5,8-9H2,1-2H3,(H,19,20). The second-order valence-electron chi connectivity index (χ2n) is 6.12. The van der Waals surface area contributed by atoms with Crippen LogP contribution >= 0.6 is 11.6 Å². The van der Waals surface area contributed by atoms with Crippen LogP contribution in [0.25, 0.3) is 0 Å². The summed E-state index contributed by atoms with van der Waals surface area (Å²) in [7, 11) is 0. The van der Waals surface area contributed by atoms with Gasteiger partial charge in [0.05, 0.1) is 5.41 Å². The van der Waals surface area contributed by atoms with E-state index in [0.29, 0.717) is 29.0 Å². The van der Waals surface area contributed by atoms with Gasteiger partial charge in [-0.2, -0.15) is 0 Å². The minimum atomic E-state index is -1.48. The van der Waals surface area contributed by atoms with Crippen molar-refractivity contribution in [1.29, 1.82) is 0 Å². The van der Waals surface area contributed by atoms with E-state index < -0.39 is 17.1 Å². The van der Waals surface area contributed by atoms with Gasteiger partial charge in [0.1, 0.15) is 5.67 Å². The highest BCUT2D eigenvalue weighted by atomic mass is 35.5. The van der Waals surface area contributed by atoms with Crippen molar-refractivity contribution >= 4 is 17.6 Å². The summed E-state index contributed by atoms with van der Waals surface area (Å²) in [5.74, 6) is -0.827. The van der Waals surface area contributed by atoms with Crippen LogP contribution in [0.2, 0.25) is 5.02 Å². The van der Waals surface area contributed by atoms with E-state index in [1.165, 1.54) is 13.8 Å². The first-order chi connectivity index (χ1) is 9.27. The number of aliphatic carboxylic acids is 1. The fraction of sp³-hybridized carbons (Fsp3) is 0.562. The van der Waals surface area contributed by atoms with E-state index in [1.807, 2.05) is 0 Å². The third-order valence-corrected chi connectivity index (χ3v) is 4.60. The maximum atomic E-state index is 14.0. The normalized spacial score (nSPS) is 18.8. The molecular formula is C16H20ClFO2. The van der Waals surface area contributed by atoms with Crippen molar-refractivity contribution in [2.45, 2.75) is 57.0 Å². The molecule has 0 heterocycles. The van der Waals surface area contributed by atoms with E-state index in [1.54, 1.807) is 18.2 Å². The van der Waals surface area contributed by atoms with Crippen LogP contribution in [0.15, 0.2) is 18.2 Å². The lowest BCUT2D eigenvalue weighted by molar-refractivity contribution is -0.145. The Morgan fingerprint density at radius 2 is 1.90 bits per heavy atom. The minimum Gasteiger partial charge on any atom is -0.481 e. The number of carboxylic acids is 1. The van der Waals surface area contributed by atoms with Crippen LogP contribution in [0.5, 0.6) is 0 Å². The van der Waals surface area contributed by atoms with E-state index in [4.69, 9.17) is 11.6 Å². The predicted molar refractivity (Wildman–Crippen MR) is 78.0 cm³/mol. The molecule has 2 nitrogen and oxygen atoms in total. The summed E-state index contributed by atoms with van der Waals surface area (Å²) < 4.78 is 14.0. The average Bonchev–Trinajstić information content (AvgIpc) is 2.38. The summed E-state index contributed by atoms with van der Waals surface area (Å²) in [6, 6.07) is 4.91. The molecule has 0 bridgehead atoms. The molecule has 0 unspecified atom stereocenters. The molecule has 2 rings (SSSR count). The van der Waals surface area contributed by atoms with Crippen LogP contribution in [0, 0.1) is 0 Å². The first-order valence-electron chi connectivity index (χ1n) is 7.00. The van der Waals surface area contributed by atoms with E-state index in [2.05, 4.69) is 0 Å². The van der Waals surface area contributed by atoms with Gasteiger partial charge in [0.15, 0.2) is 0 Å². The van der Waals surface area contributed by atoms with Gasteiger partial charge in [-0.15, -0.1) is 0 Å². The molecule has 110 valence electrons. The predicted octanol–water partition coefficient (Wildman–Crippen LogP) is 4.83. The molecule has 1 fully saturated rings. The number of rotatable bonds is 3. The molecule has 1 saturated carbocycles. The highest BCUT2D eigenvalue weighted by Crippen LogP contribution is 2.43. The van der Waals surface area contributed by atoms with E-state index in [9.17, 15) is 14.3 Å². The number of hydrogen-bond donors (Lipinski definition) is 1. The molecule has 1 aliphatic carbocycles. The van der Waals surface area contributed by atoms with Gasteiger partial charge >= 0.3 is 5.97 Å². The lowest BCUT2D eigenvalue weighted by Gasteiger charge is -2.34. The number of hydrogen-bond acceptors (Lipinski definition) is 1. The van der Waals surface area contributed by atoms with Gasteiger partial charge in [-0.3, -0.25) is 4.79 Å². The third-order valence-electron chi connectivity index (χ3n) is 4.29. The van der Waals surface area contributed by atoms with E-state index >= 15 is 0 Å². The van der Waals surface area contributed by atoms with Gasteiger partial charge in [0, 0.05) is 5.02 Å². The lowest BCUT2D eigenvalue weighted by atomic mass is 9.69. The zero-order valence-electron chi connectivity index (χ0n) is 11.9. The van der Waals surface area contributed by atoms with Gasteiger partial charge in [-0.25, -0.2) is 4.39 Å². The highest BCUT2D eigenvalue weighted by Gasteiger charge is 2.42. The molecule has 0 spiro atoms. The maximum Gasteiger partial charge on any atom is 0.314 e. The largest absolute Gasteiger partial charge is 0.481 e. The quantitative estimate of drug-likeness (QED) is 0.867. The molecular weight excluding hydrogens is 279 g/mol. The number of carboxylic acid groups (broad SMARTS) is 1. The zero-order chi connectivity index (χ0) is 15.0. The first-order valence-corrected chi connectivity index (χ1v) is 7.38. The average molecular weight is 299 g/mol. The fourth-order valence-corrected chi connectivity index (χ4v) is 3.39. The summed E-state index contributed by atoms with van der Waals surface area (Å²) in [5, 5.41) is 10.0. The monoisotopic (exact) mass is 298 g/mol. The van der Waals surface area contributed by atoms with Crippen molar-refractivity contribution in [3.05, 3.63) is 34.3 Å². The zero-order valence-corrected chi connectivity index (χ0v) is 12.6. The lowest BCUT2D eigenvalue weighted by Crippen LogP contribution is -2.38. The van der Waals surface area contributed by atoms with Crippen molar-refractivity contribution < 1.29 is 14.3 Å². The Kier molecular flexibility index (Phi) is 4.10. The number of alkyl halides is 1. The van der Waals surface area contributed by atoms with Gasteiger partial charge in [0.2, 0.25) is 0 Å². The Morgan fingerprint density at radius 1 is 1.30 bits per heavy atom. The molecule has 4 heteroatoms. The molecule has 0 radical (unpaired) electrons. The molecule has 0 atom stereocenters. The van der Waals surface area contributed by atoms with Crippen molar-refractivity contribution in [2.75, 3.05) is 0 Å². The van der Waals surface area contributed by atoms with Crippen LogP contribution in [0.4, 0.5) is 4.39 Å². The van der Waals surface area contributed by atoms with Crippen molar-refractivity contribution in [3.63, 3.8) is 0 Å². The van der Waals surface area contributed by atoms with Crippen LogP contribution < -0.4 is 0 Å². The Morgan fingerprint density at radius 3 is 2.35 bits per heavy atom. The second-order valence-corrected chi connectivity index (χ2v) is 6.52. The van der Waals surface area contributed by atoms with Gasteiger partial charge in [-0.05, 0) is 43.9 Å². The topological polar surface area (TPSA) is 37.3 Å². The summed E-state index contributed by atoms with van der Waals surface area (Å²) in [6.07, 6.45) is 4.03. The number of benzene rings is 1. The van der Waals surface area contributed by atoms with Crippen LogP contribution in [-0.4, -0.2) is 11.1 Å². The van der Waals surface area contributed by atoms with Crippen LogP contribution in [-0.2, 0) is 15.9 Å². The Hall–Kier alpha value is -1.09. The molecule has 1 aromatic rings. The smallest absolute Gasteiger partial charge is 0.314 e. The summed E-state index contributed by atoms with van der Waals surface area (Å²) in [5.41, 5.74) is -1.29. The Labute approximate surface area is 123 Å². The third kappa shape index (κ3) is 2.69. The van der Waals surface area contributed by atoms with Crippen molar-refractivity contribution in [1.82, 2.24) is 0 Å². The maximum absolute atomic E-state index is 14.0. The molecule has 0 amide bonds. The first kappa shape index (κ1) is 15.3. The molecule has 1 aromatic carbocycles. The van der Waals surface area contributed by atoms with Crippen molar-refractivity contribution in [2.24, 2.45) is 0 Å². The van der Waals surface area contributed by atoms with E-state index in [-0.39, 0.29) is 0 Å². The molecule has 0 aliphatic heterocycles. The Balaban J connectivity index is 2.48. The van der Waals surface area contributed by atoms with Gasteiger partial charge in [0.25, 0.3) is 0 Å². The number of halogens is 2. The molecule has 1 N–H and O–H groups in total. The summed E-state index contributed by atoms with van der Waals surface area (Å²) >= 11 is 6.27. The second kappa shape index (κ2) is 5.36. The summed E-state index contributed by atoms with van der Waals surface area (Å²) in [6.45, 7) is 2.93. The molecule has 0 aromatic heterocycles. The highest BCUT2D eigenvalue weighted by molar-refractivity contribution is 6.31. The van der Waals surface area contributed by atoms with Crippen LogP contribution in [0.3, 0.4) is 0 Å². The Bertz CT molecular complexity index is 514. The SMILES string of the molecule is CC(C)(F)c1ccc(C2(C(=O)O)CCCCC2)c(Cl)c1. The molecule has 1 aliphatic rings. The van der Waals surface area contributed by atoms with Gasteiger partial charge in [-0.1, -0.05) is 43.0 Å². The molecule has 0 saturated heterocycles. The molecule has 20 heavy (non-hydrogen) atoms. The van der Waals surface area contributed by atoms with Gasteiger partial charge < -0.3 is 5.11 Å². The fourth-order valence-electron chi connectivity index (χ4n) is 3.03. The number of carbonyl (C=O) groups is 1. The van der Waals surface area contributed by atoms with Crippen molar-refractivity contribution in [3.8, 4) is 0 Å². The minimum absolute atomic E-state index is 0.359.